The zero-order chi connectivity index (χ0) is 31.6. The van der Waals surface area contributed by atoms with Gasteiger partial charge in [0.15, 0.2) is 0 Å². The Hall–Kier alpha value is -4.63. The van der Waals surface area contributed by atoms with Gasteiger partial charge in [-0.3, -0.25) is 0 Å². The molecular formula is C36H43N5O4. The van der Waals surface area contributed by atoms with Gasteiger partial charge in [0.25, 0.3) is 0 Å². The number of para-hydroxylation sites is 1. The Morgan fingerprint density at radius 3 is 2.40 bits per heavy atom. The Labute approximate surface area is 266 Å². The molecule has 0 aliphatic carbocycles. The van der Waals surface area contributed by atoms with Crippen LogP contribution in [0.25, 0.3) is 0 Å². The van der Waals surface area contributed by atoms with Gasteiger partial charge in [-0.1, -0.05) is 31.5 Å². The molecule has 0 saturated carbocycles. The molecule has 1 aliphatic heterocycles. The van der Waals surface area contributed by atoms with Crippen molar-refractivity contribution in [3.8, 4) is 17.4 Å². The Kier molecular flexibility index (Phi) is 10.9. The Morgan fingerprint density at radius 1 is 0.956 bits per heavy atom. The van der Waals surface area contributed by atoms with E-state index >= 15 is 0 Å². The minimum Gasteiger partial charge on any atom is -0.497 e. The van der Waals surface area contributed by atoms with Gasteiger partial charge in [0.05, 0.1) is 25.1 Å². The zero-order valence-electron chi connectivity index (χ0n) is 26.7. The minimum atomic E-state index is -0.571. The number of piperidine rings is 1. The van der Waals surface area contributed by atoms with Crippen molar-refractivity contribution in [2.45, 2.75) is 52.9 Å². The number of nitrogens with zero attached hydrogens (tertiary/aromatic N) is 4. The van der Waals surface area contributed by atoms with Crippen molar-refractivity contribution < 1.29 is 19.0 Å². The van der Waals surface area contributed by atoms with E-state index in [1.54, 1.807) is 24.3 Å². The third kappa shape index (κ3) is 8.30. The van der Waals surface area contributed by atoms with E-state index in [1.165, 1.54) is 32.4 Å². The summed E-state index contributed by atoms with van der Waals surface area (Å²) in [5.74, 6) is 1.99. The summed E-state index contributed by atoms with van der Waals surface area (Å²) in [5.41, 5.74) is 5.13. The van der Waals surface area contributed by atoms with Crippen LogP contribution in [0.5, 0.6) is 17.4 Å². The van der Waals surface area contributed by atoms with E-state index in [4.69, 9.17) is 14.2 Å². The van der Waals surface area contributed by atoms with Crippen molar-refractivity contribution in [2.24, 2.45) is 0 Å². The number of amides is 1. The molecular weight excluding hydrogens is 566 g/mol. The van der Waals surface area contributed by atoms with Gasteiger partial charge in [-0.25, -0.2) is 14.7 Å². The van der Waals surface area contributed by atoms with E-state index < -0.39 is 6.09 Å². The van der Waals surface area contributed by atoms with Crippen molar-refractivity contribution in [3.63, 3.8) is 0 Å². The number of carbonyl (C=O) groups is 1. The molecule has 2 heterocycles. The molecule has 9 heteroatoms. The Balaban J connectivity index is 1.26. The van der Waals surface area contributed by atoms with E-state index in [2.05, 4.69) is 20.2 Å². The van der Waals surface area contributed by atoms with E-state index in [1.807, 2.05) is 81.4 Å². The number of aryl methyl sites for hydroxylation is 3. The fraction of sp³-hybridized carbons (Fsp3) is 0.361. The molecule has 1 aliphatic rings. The highest BCUT2D eigenvalue weighted by Gasteiger charge is 2.26. The molecule has 0 radical (unpaired) electrons. The molecule has 1 fully saturated rings. The quantitative estimate of drug-likeness (QED) is 0.162. The summed E-state index contributed by atoms with van der Waals surface area (Å²) < 4.78 is 17.3. The van der Waals surface area contributed by atoms with Crippen LogP contribution in [0.15, 0.2) is 72.9 Å². The second-order valence-corrected chi connectivity index (χ2v) is 11.3. The number of benzene rings is 3. The van der Waals surface area contributed by atoms with Crippen molar-refractivity contribution in [3.05, 3.63) is 89.6 Å². The van der Waals surface area contributed by atoms with Gasteiger partial charge < -0.3 is 24.4 Å². The van der Waals surface area contributed by atoms with Crippen LogP contribution in [0.2, 0.25) is 0 Å². The van der Waals surface area contributed by atoms with Crippen LogP contribution in [0.4, 0.5) is 27.8 Å². The van der Waals surface area contributed by atoms with Crippen molar-refractivity contribution >= 4 is 29.1 Å². The summed E-state index contributed by atoms with van der Waals surface area (Å²) in [4.78, 5) is 26.9. The van der Waals surface area contributed by atoms with Crippen LogP contribution in [0.3, 0.4) is 0 Å². The average molecular weight is 610 g/mol. The lowest BCUT2D eigenvalue weighted by molar-refractivity contribution is 0.205. The summed E-state index contributed by atoms with van der Waals surface area (Å²) >= 11 is 0. The molecule has 0 bridgehead atoms. The molecule has 0 atom stereocenters. The van der Waals surface area contributed by atoms with Crippen LogP contribution >= 0.6 is 0 Å². The normalized spacial score (nSPS) is 13.2. The van der Waals surface area contributed by atoms with E-state index in [9.17, 15) is 4.79 Å². The number of aromatic nitrogens is 2. The number of hydrogen-bond acceptors (Lipinski definition) is 8. The zero-order valence-corrected chi connectivity index (χ0v) is 26.7. The molecule has 5 rings (SSSR count). The first-order valence-electron chi connectivity index (χ1n) is 15.8. The molecule has 9 nitrogen and oxygen atoms in total. The van der Waals surface area contributed by atoms with Gasteiger partial charge >= 0.3 is 6.09 Å². The molecule has 0 unspecified atom stereocenters. The smallest absolute Gasteiger partial charge is 0.425 e. The van der Waals surface area contributed by atoms with Crippen LogP contribution < -0.4 is 24.4 Å². The highest BCUT2D eigenvalue weighted by Crippen LogP contribution is 2.36. The highest BCUT2D eigenvalue weighted by molar-refractivity contribution is 5.99. The number of anilines is 4. The summed E-state index contributed by atoms with van der Waals surface area (Å²) in [5, 5.41) is 3.19. The standard InChI is InChI=1S/C36H43N5O4/c1-5-28-25-31(43-4)17-18-32(28)41(34-26(2)11-9-12-27(34)3)36(42)45-33-19-20-37-35(39-33)38-29-13-15-30(16-14-29)44-24-10-23-40-21-7-6-8-22-40/h9,11-20,25H,5-8,10,21-24H2,1-4H3,(H,37,38,39). The van der Waals surface area contributed by atoms with Gasteiger partial charge in [-0.15, -0.1) is 0 Å². The third-order valence-electron chi connectivity index (χ3n) is 8.02. The lowest BCUT2D eigenvalue weighted by atomic mass is 10.0. The number of carbonyl (C=O) groups excluding carboxylic acids is 1. The maximum absolute atomic E-state index is 13.9. The largest absolute Gasteiger partial charge is 0.497 e. The fourth-order valence-corrected chi connectivity index (χ4v) is 5.68. The number of methoxy groups -OCH3 is 1. The average Bonchev–Trinajstić information content (AvgIpc) is 3.06. The maximum Gasteiger partial charge on any atom is 0.425 e. The van der Waals surface area contributed by atoms with E-state index in [-0.39, 0.29) is 5.88 Å². The molecule has 3 aromatic carbocycles. The number of ether oxygens (including phenoxy) is 3. The molecule has 4 aromatic rings. The van der Waals surface area contributed by atoms with Crippen LogP contribution in [0.1, 0.15) is 49.3 Å². The maximum atomic E-state index is 13.9. The van der Waals surface area contributed by atoms with Gasteiger partial charge in [0.2, 0.25) is 11.8 Å². The summed E-state index contributed by atoms with van der Waals surface area (Å²) in [6.07, 6.45) is 6.66. The van der Waals surface area contributed by atoms with Gasteiger partial charge in [0.1, 0.15) is 11.5 Å². The summed E-state index contributed by atoms with van der Waals surface area (Å²) in [6, 6.07) is 20.9. The van der Waals surface area contributed by atoms with Crippen LogP contribution in [-0.2, 0) is 6.42 Å². The molecule has 0 spiro atoms. The molecule has 1 amide bonds. The van der Waals surface area contributed by atoms with Crippen molar-refractivity contribution in [1.82, 2.24) is 14.9 Å². The van der Waals surface area contributed by atoms with Crippen molar-refractivity contribution in [2.75, 3.05) is 43.6 Å². The lowest BCUT2D eigenvalue weighted by Gasteiger charge is -2.27. The molecule has 236 valence electrons. The number of nitrogens with one attached hydrogen (secondary N) is 1. The second kappa shape index (κ2) is 15.4. The van der Waals surface area contributed by atoms with Crippen LogP contribution in [-0.4, -0.2) is 54.3 Å². The molecule has 1 N–H and O–H groups in total. The number of hydrogen-bond donors (Lipinski definition) is 1. The van der Waals surface area contributed by atoms with Gasteiger partial charge in [0, 0.05) is 24.5 Å². The molecule has 1 saturated heterocycles. The highest BCUT2D eigenvalue weighted by atomic mass is 16.6. The predicted molar refractivity (Wildman–Crippen MR) is 179 cm³/mol. The fourth-order valence-electron chi connectivity index (χ4n) is 5.68. The van der Waals surface area contributed by atoms with Crippen LogP contribution in [0, 0.1) is 13.8 Å². The third-order valence-corrected chi connectivity index (χ3v) is 8.02. The summed E-state index contributed by atoms with van der Waals surface area (Å²) in [6.45, 7) is 10.2. The first-order chi connectivity index (χ1) is 21.9. The first-order valence-corrected chi connectivity index (χ1v) is 15.8. The molecule has 1 aromatic heterocycles. The topological polar surface area (TPSA) is 89.0 Å². The monoisotopic (exact) mass is 609 g/mol. The van der Waals surface area contributed by atoms with Gasteiger partial charge in [-0.05, 0) is 112 Å². The minimum absolute atomic E-state index is 0.133. The molecule has 45 heavy (non-hydrogen) atoms. The summed E-state index contributed by atoms with van der Waals surface area (Å²) in [7, 11) is 1.63. The SMILES string of the molecule is CCc1cc(OC)ccc1N(C(=O)Oc1ccnc(Nc2ccc(OCCCN3CCCCC3)cc2)n1)c1c(C)cccc1C. The van der Waals surface area contributed by atoms with Crippen molar-refractivity contribution in [1.29, 1.82) is 0 Å². The Morgan fingerprint density at radius 2 is 1.69 bits per heavy atom. The van der Waals surface area contributed by atoms with E-state index in [0.717, 1.165) is 58.2 Å². The predicted octanol–water partition coefficient (Wildman–Crippen LogP) is 8.00. The van der Waals surface area contributed by atoms with E-state index in [0.29, 0.717) is 19.0 Å². The Bertz CT molecular complexity index is 1550. The lowest BCUT2D eigenvalue weighted by Crippen LogP contribution is -2.31. The number of rotatable bonds is 12. The first kappa shape index (κ1) is 31.8. The van der Waals surface area contributed by atoms with Gasteiger partial charge in [-0.2, -0.15) is 4.98 Å². The number of likely N-dealkylation sites (tertiary alicyclic amines) is 1. The second-order valence-electron chi connectivity index (χ2n) is 11.3.